The molecule has 0 bridgehead atoms. The Morgan fingerprint density at radius 1 is 1.54 bits per heavy atom. The van der Waals surface area contributed by atoms with E-state index in [0.717, 1.165) is 18.9 Å². The van der Waals surface area contributed by atoms with Crippen LogP contribution in [0.15, 0.2) is 0 Å². The van der Waals surface area contributed by atoms with Crippen LogP contribution < -0.4 is 5.32 Å². The van der Waals surface area contributed by atoms with Gasteiger partial charge in [-0.2, -0.15) is 4.80 Å². The summed E-state index contributed by atoms with van der Waals surface area (Å²) < 4.78 is 0. The minimum atomic E-state index is 0. The van der Waals surface area contributed by atoms with Crippen molar-refractivity contribution in [3.63, 3.8) is 0 Å². The Labute approximate surface area is 83.3 Å². The molecule has 0 amide bonds. The molecule has 0 aliphatic carbocycles. The maximum absolute atomic E-state index is 4.19. The molecule has 6 heteroatoms. The molecular weight excluding hydrogens is 190 g/mol. The Morgan fingerprint density at radius 3 is 2.92 bits per heavy atom. The van der Waals surface area contributed by atoms with E-state index in [1.54, 1.807) is 7.05 Å². The third kappa shape index (κ3) is 2.38. The van der Waals surface area contributed by atoms with E-state index in [2.05, 4.69) is 20.7 Å². The molecule has 2 heterocycles. The molecule has 0 aromatic carbocycles. The molecule has 1 aromatic rings. The molecule has 74 valence electrons. The van der Waals surface area contributed by atoms with Gasteiger partial charge < -0.3 is 5.32 Å². The third-order valence-corrected chi connectivity index (χ3v) is 2.19. The van der Waals surface area contributed by atoms with Crippen molar-refractivity contribution in [1.82, 2.24) is 25.5 Å². The standard InChI is InChI=1S/C7H13N5.ClH/c1-12-10-7(9-11-12)6-3-2-4-8-5-6;/h6,8H,2-5H2,1H3;1H. The van der Waals surface area contributed by atoms with E-state index in [1.165, 1.54) is 17.6 Å². The topological polar surface area (TPSA) is 55.6 Å². The molecule has 1 aliphatic rings. The summed E-state index contributed by atoms with van der Waals surface area (Å²) in [6.45, 7) is 2.11. The molecule has 1 saturated heterocycles. The fraction of sp³-hybridized carbons (Fsp3) is 0.857. The summed E-state index contributed by atoms with van der Waals surface area (Å²) in [5.74, 6) is 1.34. The maximum Gasteiger partial charge on any atom is 0.179 e. The van der Waals surface area contributed by atoms with Gasteiger partial charge in [0.05, 0.1) is 7.05 Å². The van der Waals surface area contributed by atoms with E-state index in [4.69, 9.17) is 0 Å². The highest BCUT2D eigenvalue weighted by Crippen LogP contribution is 2.18. The van der Waals surface area contributed by atoms with Crippen molar-refractivity contribution in [2.45, 2.75) is 18.8 Å². The van der Waals surface area contributed by atoms with Crippen LogP contribution in [-0.2, 0) is 7.05 Å². The van der Waals surface area contributed by atoms with E-state index in [-0.39, 0.29) is 12.4 Å². The summed E-state index contributed by atoms with van der Waals surface area (Å²) in [7, 11) is 1.80. The first-order chi connectivity index (χ1) is 5.86. The first-order valence-corrected chi connectivity index (χ1v) is 4.31. The minimum Gasteiger partial charge on any atom is -0.316 e. The van der Waals surface area contributed by atoms with Crippen LogP contribution in [0, 0.1) is 0 Å². The lowest BCUT2D eigenvalue weighted by molar-refractivity contribution is 0.445. The van der Waals surface area contributed by atoms with E-state index in [1.807, 2.05) is 0 Å². The normalized spacial score (nSPS) is 22.4. The van der Waals surface area contributed by atoms with Crippen molar-refractivity contribution in [3.05, 3.63) is 5.82 Å². The highest BCUT2D eigenvalue weighted by Gasteiger charge is 2.18. The number of piperidine rings is 1. The number of rotatable bonds is 1. The first-order valence-electron chi connectivity index (χ1n) is 4.31. The number of tetrazole rings is 1. The van der Waals surface area contributed by atoms with E-state index >= 15 is 0 Å². The maximum atomic E-state index is 4.19. The molecule has 5 nitrogen and oxygen atoms in total. The summed E-state index contributed by atoms with van der Waals surface area (Å²) in [6.07, 6.45) is 2.39. The lowest BCUT2D eigenvalue weighted by Gasteiger charge is -2.19. The second kappa shape index (κ2) is 4.53. The van der Waals surface area contributed by atoms with E-state index < -0.39 is 0 Å². The van der Waals surface area contributed by atoms with Crippen LogP contribution in [0.1, 0.15) is 24.6 Å². The monoisotopic (exact) mass is 203 g/mol. The Kier molecular flexibility index (Phi) is 3.62. The molecule has 2 rings (SSSR count). The third-order valence-electron chi connectivity index (χ3n) is 2.19. The van der Waals surface area contributed by atoms with Crippen molar-refractivity contribution in [1.29, 1.82) is 0 Å². The molecule has 1 fully saturated rings. The highest BCUT2D eigenvalue weighted by molar-refractivity contribution is 5.85. The van der Waals surface area contributed by atoms with Crippen LogP contribution in [0.25, 0.3) is 0 Å². The Morgan fingerprint density at radius 2 is 2.38 bits per heavy atom. The van der Waals surface area contributed by atoms with Crippen LogP contribution in [0.3, 0.4) is 0 Å². The van der Waals surface area contributed by atoms with Crippen LogP contribution in [0.4, 0.5) is 0 Å². The van der Waals surface area contributed by atoms with Gasteiger partial charge in [-0.05, 0) is 24.6 Å². The number of hydrogen-bond donors (Lipinski definition) is 1. The second-order valence-corrected chi connectivity index (χ2v) is 3.18. The van der Waals surface area contributed by atoms with E-state index in [0.29, 0.717) is 5.92 Å². The van der Waals surface area contributed by atoms with Crippen molar-refractivity contribution < 1.29 is 0 Å². The molecule has 0 radical (unpaired) electrons. The van der Waals surface area contributed by atoms with Gasteiger partial charge in [0.1, 0.15) is 0 Å². The number of halogens is 1. The largest absolute Gasteiger partial charge is 0.316 e. The summed E-state index contributed by atoms with van der Waals surface area (Å²) in [5.41, 5.74) is 0. The molecule has 1 N–H and O–H groups in total. The van der Waals surface area contributed by atoms with E-state index in [9.17, 15) is 0 Å². The van der Waals surface area contributed by atoms with Crippen molar-refractivity contribution >= 4 is 12.4 Å². The zero-order chi connectivity index (χ0) is 8.39. The second-order valence-electron chi connectivity index (χ2n) is 3.18. The predicted octanol–water partition coefficient (Wildman–Crippen LogP) is 0.0989. The fourth-order valence-corrected chi connectivity index (χ4v) is 1.53. The molecular formula is C7H14ClN5. The number of nitrogens with one attached hydrogen (secondary N) is 1. The van der Waals surface area contributed by atoms with Gasteiger partial charge in [0.2, 0.25) is 0 Å². The van der Waals surface area contributed by atoms with Gasteiger partial charge in [0, 0.05) is 12.5 Å². The molecule has 1 unspecified atom stereocenters. The zero-order valence-electron chi connectivity index (χ0n) is 7.60. The average Bonchev–Trinajstić information content (AvgIpc) is 2.54. The van der Waals surface area contributed by atoms with Crippen molar-refractivity contribution in [3.8, 4) is 0 Å². The van der Waals surface area contributed by atoms with Crippen LogP contribution in [0.2, 0.25) is 0 Å². The van der Waals surface area contributed by atoms with Crippen molar-refractivity contribution in [2.24, 2.45) is 7.05 Å². The summed E-state index contributed by atoms with van der Waals surface area (Å²) >= 11 is 0. The number of aromatic nitrogens is 4. The van der Waals surface area contributed by atoms with Gasteiger partial charge in [0.25, 0.3) is 0 Å². The number of aryl methyl sites for hydroxylation is 1. The van der Waals surface area contributed by atoms with Gasteiger partial charge >= 0.3 is 0 Å². The number of nitrogens with zero attached hydrogens (tertiary/aromatic N) is 4. The summed E-state index contributed by atoms with van der Waals surface area (Å²) in [4.78, 5) is 1.52. The average molecular weight is 204 g/mol. The molecule has 1 aliphatic heterocycles. The quantitative estimate of drug-likeness (QED) is 0.704. The smallest absolute Gasteiger partial charge is 0.179 e. The number of hydrogen-bond acceptors (Lipinski definition) is 4. The van der Waals surface area contributed by atoms with Gasteiger partial charge in [-0.1, -0.05) is 0 Å². The summed E-state index contributed by atoms with van der Waals surface area (Å²) in [5, 5.41) is 15.3. The van der Waals surface area contributed by atoms with Crippen LogP contribution >= 0.6 is 12.4 Å². The molecule has 13 heavy (non-hydrogen) atoms. The van der Waals surface area contributed by atoms with Crippen LogP contribution in [-0.4, -0.2) is 33.3 Å². The van der Waals surface area contributed by atoms with Gasteiger partial charge in [-0.3, -0.25) is 0 Å². The van der Waals surface area contributed by atoms with Gasteiger partial charge in [-0.25, -0.2) is 0 Å². The Bertz CT molecular complexity index is 255. The van der Waals surface area contributed by atoms with Gasteiger partial charge in [0.15, 0.2) is 5.82 Å². The molecule has 1 aromatic heterocycles. The Balaban J connectivity index is 0.000000845. The lowest BCUT2D eigenvalue weighted by atomic mass is 9.99. The Hall–Kier alpha value is -0.680. The molecule has 0 saturated carbocycles. The van der Waals surface area contributed by atoms with Crippen LogP contribution in [0.5, 0.6) is 0 Å². The van der Waals surface area contributed by atoms with Crippen molar-refractivity contribution in [2.75, 3.05) is 13.1 Å². The molecule has 1 atom stereocenters. The fourth-order valence-electron chi connectivity index (χ4n) is 1.53. The highest BCUT2D eigenvalue weighted by atomic mass is 35.5. The SMILES string of the molecule is Cl.Cn1nnc(C2CCCNC2)n1. The minimum absolute atomic E-state index is 0. The summed E-state index contributed by atoms with van der Waals surface area (Å²) in [6, 6.07) is 0. The molecule has 0 spiro atoms. The first kappa shape index (κ1) is 10.4. The van der Waals surface area contributed by atoms with Gasteiger partial charge in [-0.15, -0.1) is 22.6 Å². The zero-order valence-corrected chi connectivity index (χ0v) is 8.42. The predicted molar refractivity (Wildman–Crippen MR) is 50.9 cm³/mol. The lowest BCUT2D eigenvalue weighted by Crippen LogP contribution is -2.29.